The highest BCUT2D eigenvalue weighted by Gasteiger charge is 2.32. The molecule has 0 aliphatic carbocycles. The average molecular weight is 1810 g/mol. The van der Waals surface area contributed by atoms with Crippen LogP contribution in [-0.2, 0) is 46.5 Å². The predicted molar refractivity (Wildman–Crippen MR) is 574 cm³/mol. The van der Waals surface area contributed by atoms with Gasteiger partial charge in [0.25, 0.3) is 0 Å². The summed E-state index contributed by atoms with van der Waals surface area (Å²) in [7, 11) is 1.78. The molecule has 0 amide bonds. The third-order valence-corrected chi connectivity index (χ3v) is 29.9. The van der Waals surface area contributed by atoms with E-state index in [0.717, 1.165) is 94.2 Å². The van der Waals surface area contributed by atoms with Crippen LogP contribution in [-0.4, -0.2) is 103 Å². The van der Waals surface area contributed by atoms with Crippen LogP contribution in [0.3, 0.4) is 0 Å². The summed E-state index contributed by atoms with van der Waals surface area (Å²) in [6.07, 6.45) is 13.2. The van der Waals surface area contributed by atoms with Gasteiger partial charge in [-0.2, -0.15) is 0 Å². The maximum atomic E-state index is 6.35. The highest BCUT2D eigenvalue weighted by molar-refractivity contribution is 7.29. The molecule has 0 aliphatic heterocycles. The maximum absolute atomic E-state index is 6.35. The van der Waals surface area contributed by atoms with Crippen molar-refractivity contribution in [2.75, 3.05) is 67.1 Å². The van der Waals surface area contributed by atoms with E-state index < -0.39 is 0 Å². The summed E-state index contributed by atoms with van der Waals surface area (Å²) in [5, 5.41) is 25.8. The van der Waals surface area contributed by atoms with Gasteiger partial charge < -0.3 is 46.5 Å². The molecule has 660 valence electrons. The van der Waals surface area contributed by atoms with Gasteiger partial charge >= 0.3 is 35.6 Å². The zero-order valence-electron chi connectivity index (χ0n) is 76.6. The summed E-state index contributed by atoms with van der Waals surface area (Å²) < 4.78 is 73.2. The van der Waals surface area contributed by atoms with Crippen molar-refractivity contribution in [3.05, 3.63) is 273 Å². The lowest BCUT2D eigenvalue weighted by Gasteiger charge is -2.17. The van der Waals surface area contributed by atoms with Crippen molar-refractivity contribution in [1.29, 1.82) is 0 Å². The van der Waals surface area contributed by atoms with Crippen molar-refractivity contribution >= 4 is 274 Å². The fourth-order valence-electron chi connectivity index (χ4n) is 17.6. The predicted octanol–water partition coefficient (Wildman–Crippen LogP) is 28.8. The Hall–Kier alpha value is -9.38. The zero-order valence-corrected chi connectivity index (χ0v) is 80.7. The Bertz CT molecular complexity index is 7130. The number of hydrogen-bond acceptors (Lipinski definition) is 15. The molecule has 0 bridgehead atoms. The number of rotatable bonds is 35. The lowest BCUT2D eigenvalue weighted by molar-refractivity contribution is 0.200. The zero-order chi connectivity index (χ0) is 89.7. The maximum Gasteiger partial charge on any atom is 0.495 e. The smallest absolute Gasteiger partial charge is 0.410 e. The number of fused-ring (bicyclic) bond motifs is 25. The molecule has 20 rings (SSSR count). The summed E-state index contributed by atoms with van der Waals surface area (Å²) in [4.78, 5) is 0. The SMILES string of the molecule is CCCCCOB(OCCCCC)c1cc2ccccc2c2c1sc1ccccc12.CCCCOB(OCCCC)c1cc2ccccc2c2c1sc1ccccc12.CCCOB(OCCC)c1cc2ccccc2c2c1sc1ccccc12.CCOB(OCC)c1cc2ccccc2c2c1sc1ccccc12.COB(OC)c1cc2ccccc2c2c1sc1ccccc12. The first-order valence-corrected chi connectivity index (χ1v) is 50.9. The summed E-state index contributed by atoms with van der Waals surface area (Å²) >= 11 is 9.17. The molecule has 0 fully saturated rings. The van der Waals surface area contributed by atoms with Crippen LogP contribution in [0, 0.1) is 0 Å². The first kappa shape index (κ1) is 93.8. The highest BCUT2D eigenvalue weighted by Crippen LogP contribution is 2.44. The molecule has 130 heavy (non-hydrogen) atoms. The second-order valence-corrected chi connectivity index (χ2v) is 38.1. The minimum Gasteiger partial charge on any atom is -0.410 e. The van der Waals surface area contributed by atoms with E-state index in [4.69, 9.17) is 46.5 Å². The summed E-state index contributed by atoms with van der Waals surface area (Å²) in [6.45, 7) is 22.7. The van der Waals surface area contributed by atoms with Gasteiger partial charge in [-0.05, 0) is 137 Å². The Morgan fingerprint density at radius 3 is 0.623 bits per heavy atom. The summed E-state index contributed by atoms with van der Waals surface area (Å²) in [6, 6.07) is 97.5. The molecule has 0 aliphatic rings. The minimum absolute atomic E-state index is 0.307. The minimum atomic E-state index is -0.347. The number of hydrogen-bond donors (Lipinski definition) is 0. The molecule has 0 N–H and O–H groups in total. The van der Waals surface area contributed by atoms with Crippen molar-refractivity contribution in [3.8, 4) is 0 Å². The van der Waals surface area contributed by atoms with E-state index in [1.807, 2.05) is 59.2 Å². The molecule has 5 heterocycles. The molecule has 0 saturated heterocycles. The topological polar surface area (TPSA) is 92.3 Å². The molecule has 20 heteroatoms. The van der Waals surface area contributed by atoms with Gasteiger partial charge in [-0.3, -0.25) is 0 Å². The van der Waals surface area contributed by atoms with Crippen LogP contribution in [0.15, 0.2) is 273 Å². The molecule has 0 unspecified atom stereocenters. The second kappa shape index (κ2) is 46.3. The molecule has 0 atom stereocenters. The van der Waals surface area contributed by atoms with Gasteiger partial charge in [-0.15, -0.1) is 56.7 Å². The lowest BCUT2D eigenvalue weighted by atomic mass is 9.76. The van der Waals surface area contributed by atoms with Crippen molar-refractivity contribution in [1.82, 2.24) is 0 Å². The van der Waals surface area contributed by atoms with Crippen LogP contribution in [0.4, 0.5) is 0 Å². The quantitative estimate of drug-likeness (QED) is 0.0282. The van der Waals surface area contributed by atoms with Gasteiger partial charge in [0.05, 0.1) is 0 Å². The molecule has 15 aromatic carbocycles. The van der Waals surface area contributed by atoms with E-state index in [-0.39, 0.29) is 35.6 Å². The van der Waals surface area contributed by atoms with Crippen molar-refractivity contribution in [3.63, 3.8) is 0 Å². The Kier molecular flexibility index (Phi) is 33.4. The Balaban J connectivity index is 0.000000119. The van der Waals surface area contributed by atoms with Crippen LogP contribution in [0.2, 0.25) is 0 Å². The second-order valence-electron chi connectivity index (χ2n) is 32.8. The van der Waals surface area contributed by atoms with E-state index in [0.29, 0.717) is 26.4 Å². The van der Waals surface area contributed by atoms with Crippen LogP contribution >= 0.6 is 56.7 Å². The Labute approximate surface area is 787 Å². The van der Waals surface area contributed by atoms with Crippen LogP contribution < -0.4 is 27.3 Å². The van der Waals surface area contributed by atoms with Crippen molar-refractivity contribution in [2.24, 2.45) is 0 Å². The number of thiophene rings is 5. The van der Waals surface area contributed by atoms with Crippen LogP contribution in [0.25, 0.3) is 155 Å². The van der Waals surface area contributed by atoms with E-state index in [9.17, 15) is 0 Å². The van der Waals surface area contributed by atoms with E-state index in [1.54, 1.807) is 25.6 Å². The van der Waals surface area contributed by atoms with Gasteiger partial charge in [0.15, 0.2) is 0 Å². The summed E-state index contributed by atoms with van der Waals surface area (Å²) in [5.41, 5.74) is 5.73. The normalized spacial score (nSPS) is 11.6. The first-order chi connectivity index (χ1) is 64.2. The Morgan fingerprint density at radius 1 is 0.200 bits per heavy atom. The van der Waals surface area contributed by atoms with E-state index in [1.165, 1.54) is 191 Å². The van der Waals surface area contributed by atoms with E-state index >= 15 is 0 Å². The standard InChI is InChI=1S/C26H31BO2S.C24H27BO2S.C22H23BO2S.C20H19BO2S.C18H15BO2S/c1-3-5-11-17-28-27(29-18-12-6-4-2)23-19-20-13-7-8-14-21(20)25-22-15-9-10-16-24(22)30-26(23)25;1-3-5-15-26-25(27-16-6-4-2)21-17-18-11-7-8-12-19(18)23-20-13-9-10-14-22(20)28-24(21)23;1-3-13-24-23(25-14-4-2)19-15-16-9-5-6-10-17(16)21-18-11-7-8-12-20(18)26-22(19)21;1-3-22-21(23-4-2)17-13-14-9-5-6-10-15(14)19-16-11-7-8-12-18(16)24-20(17)19;1-20-19(21-2)15-11-12-7-3-4-8-13(12)17-14-9-5-6-10-16(14)22-18(15)17/h7-10,13-16,19H,3-6,11-12,17-18H2,1-2H3;7-14,17H,3-6,15-16H2,1-2H3;5-12,15H,3-4,13-14H2,1-2H3;5-13H,3-4H2,1-2H3;3-11H,1-2H3. The van der Waals surface area contributed by atoms with E-state index in [2.05, 4.69) is 315 Å². The molecule has 0 spiro atoms. The fraction of sp³-hybridized carbons (Fsp3) is 0.273. The third kappa shape index (κ3) is 20.8. The average Bonchev–Trinajstić information content (AvgIpc) is 1.61. The highest BCUT2D eigenvalue weighted by atomic mass is 32.1. The van der Waals surface area contributed by atoms with Crippen LogP contribution in [0.1, 0.15) is 132 Å². The molecular weight excluding hydrogens is 1700 g/mol. The Morgan fingerprint density at radius 2 is 0.400 bits per heavy atom. The molecule has 5 aromatic heterocycles. The first-order valence-electron chi connectivity index (χ1n) is 46.8. The number of unbranched alkanes of at least 4 members (excludes halogenated alkanes) is 6. The fourth-order valence-corrected chi connectivity index (χ4v) is 23.8. The molecular formula is C110H115B5O10S5. The molecule has 20 aromatic rings. The largest absolute Gasteiger partial charge is 0.495 e. The van der Waals surface area contributed by atoms with Gasteiger partial charge in [0.1, 0.15) is 0 Å². The number of benzene rings is 15. The molecule has 0 radical (unpaired) electrons. The van der Waals surface area contributed by atoms with Crippen molar-refractivity contribution < 1.29 is 46.5 Å². The molecule has 0 saturated carbocycles. The van der Waals surface area contributed by atoms with Gasteiger partial charge in [-0.1, -0.05) is 323 Å². The summed E-state index contributed by atoms with van der Waals surface area (Å²) in [5.74, 6) is 0. The third-order valence-electron chi connectivity index (χ3n) is 23.8. The monoisotopic (exact) mass is 1810 g/mol. The lowest BCUT2D eigenvalue weighted by Crippen LogP contribution is -2.38. The molecule has 10 nitrogen and oxygen atoms in total. The van der Waals surface area contributed by atoms with Crippen LogP contribution in [0.5, 0.6) is 0 Å². The van der Waals surface area contributed by atoms with Crippen molar-refractivity contribution in [2.45, 2.75) is 132 Å². The van der Waals surface area contributed by atoms with Gasteiger partial charge in [-0.25, -0.2) is 0 Å². The van der Waals surface area contributed by atoms with Gasteiger partial charge in [0.2, 0.25) is 0 Å². The van der Waals surface area contributed by atoms with Gasteiger partial charge in [0, 0.05) is 195 Å².